The molecule has 5 nitrogen and oxygen atoms in total. The predicted octanol–water partition coefficient (Wildman–Crippen LogP) is 1.00. The van der Waals surface area contributed by atoms with Crippen molar-refractivity contribution in [3.8, 4) is 0 Å². The van der Waals surface area contributed by atoms with E-state index in [1.807, 2.05) is 6.92 Å². The van der Waals surface area contributed by atoms with E-state index in [1.54, 1.807) is 0 Å². The second-order valence-electron chi connectivity index (χ2n) is 2.71. The lowest BCUT2D eigenvalue weighted by atomic mass is 10.5. The fourth-order valence-electron chi connectivity index (χ4n) is 0.860. The molecular formula is C8H16N4O. The van der Waals surface area contributed by atoms with Gasteiger partial charge in [0.25, 0.3) is 0 Å². The second kappa shape index (κ2) is 5.53. The first-order chi connectivity index (χ1) is 6.36. The highest BCUT2D eigenvalue weighted by Gasteiger charge is 2.02. The summed E-state index contributed by atoms with van der Waals surface area (Å²) in [5, 5.41) is 13.8. The van der Waals surface area contributed by atoms with Crippen LogP contribution in [0.15, 0.2) is 4.42 Å². The van der Waals surface area contributed by atoms with Crippen LogP contribution in [0, 0.1) is 0 Å². The molecule has 1 heterocycles. The Kier molecular flexibility index (Phi) is 4.25. The molecule has 1 aromatic heterocycles. The molecule has 0 aliphatic heterocycles. The summed E-state index contributed by atoms with van der Waals surface area (Å²) in [5.41, 5.74) is 0. The van der Waals surface area contributed by atoms with Crippen molar-refractivity contribution in [1.82, 2.24) is 15.5 Å². The number of rotatable bonds is 6. The third-order valence-corrected chi connectivity index (χ3v) is 1.52. The average molecular weight is 184 g/mol. The SMILES string of the molecule is CCCNc1nnc(CNCC)o1. The van der Waals surface area contributed by atoms with E-state index >= 15 is 0 Å². The van der Waals surface area contributed by atoms with Gasteiger partial charge in [-0.2, -0.15) is 0 Å². The zero-order chi connectivity index (χ0) is 9.52. The maximum Gasteiger partial charge on any atom is 0.315 e. The van der Waals surface area contributed by atoms with Crippen LogP contribution in [-0.2, 0) is 6.54 Å². The van der Waals surface area contributed by atoms with E-state index in [-0.39, 0.29) is 0 Å². The number of nitrogens with zero attached hydrogens (tertiary/aromatic N) is 2. The maximum absolute atomic E-state index is 5.29. The number of aromatic nitrogens is 2. The molecule has 0 aliphatic rings. The van der Waals surface area contributed by atoms with Crippen LogP contribution in [0.3, 0.4) is 0 Å². The Bertz CT molecular complexity index is 213. The van der Waals surface area contributed by atoms with E-state index in [4.69, 9.17) is 4.42 Å². The summed E-state index contributed by atoms with van der Waals surface area (Å²) in [5.74, 6) is 0.625. The standard InChI is InChI=1S/C8H16N4O/c1-3-5-10-8-12-11-7(13-8)6-9-4-2/h9H,3-6H2,1-2H3,(H,10,12). The molecule has 1 aromatic rings. The Morgan fingerprint density at radius 2 is 2.15 bits per heavy atom. The smallest absolute Gasteiger partial charge is 0.315 e. The number of hydrogen-bond donors (Lipinski definition) is 2. The summed E-state index contributed by atoms with van der Waals surface area (Å²) < 4.78 is 5.29. The Morgan fingerprint density at radius 1 is 1.31 bits per heavy atom. The van der Waals surface area contributed by atoms with E-state index in [1.165, 1.54) is 0 Å². The summed E-state index contributed by atoms with van der Waals surface area (Å²) in [4.78, 5) is 0. The molecule has 0 spiro atoms. The highest BCUT2D eigenvalue weighted by Crippen LogP contribution is 2.04. The third-order valence-electron chi connectivity index (χ3n) is 1.52. The lowest BCUT2D eigenvalue weighted by molar-refractivity contribution is 0.481. The van der Waals surface area contributed by atoms with Crippen molar-refractivity contribution in [3.05, 3.63) is 5.89 Å². The van der Waals surface area contributed by atoms with Crippen LogP contribution in [-0.4, -0.2) is 23.3 Å². The lowest BCUT2D eigenvalue weighted by Gasteiger charge is -1.96. The molecule has 74 valence electrons. The first-order valence-electron chi connectivity index (χ1n) is 4.63. The summed E-state index contributed by atoms with van der Waals surface area (Å²) in [6, 6.07) is 0.509. The monoisotopic (exact) mass is 184 g/mol. The molecule has 0 aromatic carbocycles. The number of anilines is 1. The van der Waals surface area contributed by atoms with Crippen molar-refractivity contribution in [3.63, 3.8) is 0 Å². The third kappa shape index (κ3) is 3.42. The lowest BCUT2D eigenvalue weighted by Crippen LogP contribution is -2.11. The number of hydrogen-bond acceptors (Lipinski definition) is 5. The summed E-state index contributed by atoms with van der Waals surface area (Å²) in [6.45, 7) is 6.52. The zero-order valence-electron chi connectivity index (χ0n) is 8.13. The molecule has 0 atom stereocenters. The minimum atomic E-state index is 0.509. The van der Waals surface area contributed by atoms with Gasteiger partial charge in [0.05, 0.1) is 6.54 Å². The zero-order valence-corrected chi connectivity index (χ0v) is 8.13. The molecule has 0 amide bonds. The van der Waals surface area contributed by atoms with E-state index in [0.29, 0.717) is 18.5 Å². The van der Waals surface area contributed by atoms with Crippen molar-refractivity contribution in [1.29, 1.82) is 0 Å². The van der Waals surface area contributed by atoms with Crippen LogP contribution in [0.25, 0.3) is 0 Å². The second-order valence-corrected chi connectivity index (χ2v) is 2.71. The average Bonchev–Trinajstić information content (AvgIpc) is 2.59. The fraction of sp³-hybridized carbons (Fsp3) is 0.750. The van der Waals surface area contributed by atoms with E-state index in [2.05, 4.69) is 27.8 Å². The van der Waals surface area contributed by atoms with Gasteiger partial charge < -0.3 is 15.1 Å². The van der Waals surface area contributed by atoms with Gasteiger partial charge in [-0.25, -0.2) is 0 Å². The van der Waals surface area contributed by atoms with Gasteiger partial charge >= 0.3 is 6.01 Å². The van der Waals surface area contributed by atoms with Crippen LogP contribution < -0.4 is 10.6 Å². The highest BCUT2D eigenvalue weighted by molar-refractivity contribution is 5.16. The van der Waals surface area contributed by atoms with Gasteiger partial charge in [-0.15, -0.1) is 5.10 Å². The van der Waals surface area contributed by atoms with Gasteiger partial charge in [-0.3, -0.25) is 0 Å². The van der Waals surface area contributed by atoms with Crippen LogP contribution in [0.5, 0.6) is 0 Å². The normalized spacial score (nSPS) is 10.3. The Balaban J connectivity index is 2.34. The minimum Gasteiger partial charge on any atom is -0.407 e. The molecule has 0 unspecified atom stereocenters. The van der Waals surface area contributed by atoms with Crippen molar-refractivity contribution in [2.24, 2.45) is 0 Å². The molecule has 0 fully saturated rings. The first-order valence-corrected chi connectivity index (χ1v) is 4.63. The molecule has 0 radical (unpaired) electrons. The van der Waals surface area contributed by atoms with E-state index < -0.39 is 0 Å². The fourth-order valence-corrected chi connectivity index (χ4v) is 0.860. The highest BCUT2D eigenvalue weighted by atomic mass is 16.4. The van der Waals surface area contributed by atoms with Crippen molar-refractivity contribution < 1.29 is 4.42 Å². The van der Waals surface area contributed by atoms with Crippen LogP contribution in [0.1, 0.15) is 26.2 Å². The molecule has 1 rings (SSSR count). The molecule has 13 heavy (non-hydrogen) atoms. The number of nitrogens with one attached hydrogen (secondary N) is 2. The van der Waals surface area contributed by atoms with Crippen LogP contribution >= 0.6 is 0 Å². The van der Waals surface area contributed by atoms with E-state index in [0.717, 1.165) is 19.5 Å². The Morgan fingerprint density at radius 3 is 2.85 bits per heavy atom. The molecule has 0 bridgehead atoms. The quantitative estimate of drug-likeness (QED) is 0.690. The van der Waals surface area contributed by atoms with Crippen LogP contribution in [0.2, 0.25) is 0 Å². The molecule has 0 aliphatic carbocycles. The van der Waals surface area contributed by atoms with Gasteiger partial charge in [0, 0.05) is 6.54 Å². The minimum absolute atomic E-state index is 0.509. The van der Waals surface area contributed by atoms with Gasteiger partial charge in [-0.1, -0.05) is 18.9 Å². The largest absolute Gasteiger partial charge is 0.407 e. The van der Waals surface area contributed by atoms with Gasteiger partial charge in [-0.05, 0) is 13.0 Å². The maximum atomic E-state index is 5.29. The molecule has 2 N–H and O–H groups in total. The van der Waals surface area contributed by atoms with Gasteiger partial charge in [0.1, 0.15) is 0 Å². The van der Waals surface area contributed by atoms with Gasteiger partial charge in [0.15, 0.2) is 0 Å². The van der Waals surface area contributed by atoms with Crippen molar-refractivity contribution in [2.45, 2.75) is 26.8 Å². The van der Waals surface area contributed by atoms with Gasteiger partial charge in [0.2, 0.25) is 5.89 Å². The van der Waals surface area contributed by atoms with Crippen LogP contribution in [0.4, 0.5) is 6.01 Å². The summed E-state index contributed by atoms with van der Waals surface area (Å²) in [7, 11) is 0. The molecule has 0 saturated carbocycles. The predicted molar refractivity (Wildman–Crippen MR) is 50.5 cm³/mol. The summed E-state index contributed by atoms with van der Waals surface area (Å²) >= 11 is 0. The Labute approximate surface area is 77.9 Å². The summed E-state index contributed by atoms with van der Waals surface area (Å²) in [6.07, 6.45) is 1.05. The molecular weight excluding hydrogens is 168 g/mol. The topological polar surface area (TPSA) is 63.0 Å². The molecule has 5 heteroatoms. The van der Waals surface area contributed by atoms with Crippen molar-refractivity contribution in [2.75, 3.05) is 18.4 Å². The first kappa shape index (κ1) is 9.98. The van der Waals surface area contributed by atoms with Crippen molar-refractivity contribution >= 4 is 6.01 Å². The molecule has 0 saturated heterocycles. The van der Waals surface area contributed by atoms with E-state index in [9.17, 15) is 0 Å². The Hall–Kier alpha value is -1.10.